The molecular formula is C15H14N2O. The van der Waals surface area contributed by atoms with Gasteiger partial charge in [-0.3, -0.25) is 4.79 Å². The Hall–Kier alpha value is -2.03. The van der Waals surface area contributed by atoms with Crippen molar-refractivity contribution in [3.63, 3.8) is 0 Å². The lowest BCUT2D eigenvalue weighted by molar-refractivity contribution is -0.135. The predicted octanol–water partition coefficient (Wildman–Crippen LogP) is 1.98. The van der Waals surface area contributed by atoms with Gasteiger partial charge in [-0.2, -0.15) is 0 Å². The van der Waals surface area contributed by atoms with E-state index in [1.54, 1.807) is 0 Å². The van der Waals surface area contributed by atoms with Crippen LogP contribution in [0.5, 0.6) is 0 Å². The molecule has 2 aliphatic heterocycles. The first kappa shape index (κ1) is 9.95. The van der Waals surface area contributed by atoms with Crippen LogP contribution in [-0.2, 0) is 17.8 Å². The molecule has 1 amide bonds. The Morgan fingerprint density at radius 3 is 2.94 bits per heavy atom. The smallest absolute Gasteiger partial charge is 0.243 e. The summed E-state index contributed by atoms with van der Waals surface area (Å²) in [5.74, 6) is 0.234. The van der Waals surface area contributed by atoms with E-state index in [1.807, 2.05) is 17.2 Å². The third-order valence-corrected chi connectivity index (χ3v) is 4.05. The van der Waals surface area contributed by atoms with Crippen LogP contribution in [-0.4, -0.2) is 21.9 Å². The van der Waals surface area contributed by atoms with Gasteiger partial charge in [0.2, 0.25) is 5.91 Å². The first-order chi connectivity index (χ1) is 8.84. The number of hydrogen-bond donors (Lipinski definition) is 0. The molecule has 2 aromatic rings. The molecule has 0 radical (unpaired) electrons. The third-order valence-electron chi connectivity index (χ3n) is 4.05. The number of amides is 1. The average Bonchev–Trinajstić information content (AvgIpc) is 2.86. The molecule has 3 heteroatoms. The van der Waals surface area contributed by atoms with Gasteiger partial charge < -0.3 is 9.47 Å². The van der Waals surface area contributed by atoms with Crippen molar-refractivity contribution in [1.29, 1.82) is 0 Å². The fourth-order valence-corrected chi connectivity index (χ4v) is 3.21. The monoisotopic (exact) mass is 238 g/mol. The molecule has 1 aromatic carbocycles. The first-order valence-electron chi connectivity index (χ1n) is 6.37. The summed E-state index contributed by atoms with van der Waals surface area (Å²) in [5.41, 5.74) is 3.90. The highest BCUT2D eigenvalue weighted by Crippen LogP contribution is 2.37. The van der Waals surface area contributed by atoms with E-state index in [9.17, 15) is 4.79 Å². The van der Waals surface area contributed by atoms with Crippen LogP contribution < -0.4 is 0 Å². The highest BCUT2D eigenvalue weighted by molar-refractivity contribution is 5.79. The maximum absolute atomic E-state index is 12.2. The Balaban J connectivity index is 1.95. The van der Waals surface area contributed by atoms with E-state index in [2.05, 4.69) is 34.9 Å². The Bertz CT molecular complexity index is 629. The zero-order valence-electron chi connectivity index (χ0n) is 10.0. The van der Waals surface area contributed by atoms with Crippen LogP contribution in [0.15, 0.2) is 42.6 Å². The number of hydrogen-bond acceptors (Lipinski definition) is 1. The van der Waals surface area contributed by atoms with E-state index in [1.165, 1.54) is 16.8 Å². The van der Waals surface area contributed by atoms with Crippen LogP contribution >= 0.6 is 0 Å². The van der Waals surface area contributed by atoms with Gasteiger partial charge in [0.25, 0.3) is 0 Å². The summed E-state index contributed by atoms with van der Waals surface area (Å²) in [7, 11) is 0. The van der Waals surface area contributed by atoms with E-state index < -0.39 is 0 Å². The van der Waals surface area contributed by atoms with Crippen molar-refractivity contribution < 1.29 is 4.79 Å². The Morgan fingerprint density at radius 1 is 1.11 bits per heavy atom. The second kappa shape index (κ2) is 3.48. The second-order valence-electron chi connectivity index (χ2n) is 5.00. The summed E-state index contributed by atoms with van der Waals surface area (Å²) in [5, 5.41) is 0. The maximum atomic E-state index is 12.2. The standard InChI is InChI=1S/C15H14N2O/c18-14-10-16-8-3-6-13(16)15-12-5-2-1-4-11(12)7-9-17(14)15/h1-6,8,15H,7,9-10H2. The number of carbonyl (C=O) groups excluding carboxylic acids is 1. The van der Waals surface area contributed by atoms with E-state index in [0.717, 1.165) is 13.0 Å². The van der Waals surface area contributed by atoms with E-state index in [4.69, 9.17) is 0 Å². The van der Waals surface area contributed by atoms with Gasteiger partial charge in [0.1, 0.15) is 6.54 Å². The molecule has 3 nitrogen and oxygen atoms in total. The van der Waals surface area contributed by atoms with Gasteiger partial charge in [-0.25, -0.2) is 0 Å². The van der Waals surface area contributed by atoms with Crippen molar-refractivity contribution in [2.24, 2.45) is 0 Å². The van der Waals surface area contributed by atoms with Crippen LogP contribution in [0.3, 0.4) is 0 Å². The van der Waals surface area contributed by atoms with E-state index in [-0.39, 0.29) is 11.9 Å². The molecule has 0 N–H and O–H groups in total. The zero-order chi connectivity index (χ0) is 12.1. The number of aromatic nitrogens is 1. The van der Waals surface area contributed by atoms with Crippen LogP contribution in [0.2, 0.25) is 0 Å². The minimum Gasteiger partial charge on any atom is -0.340 e. The maximum Gasteiger partial charge on any atom is 0.243 e. The van der Waals surface area contributed by atoms with Gasteiger partial charge in [0.05, 0.1) is 6.04 Å². The lowest BCUT2D eigenvalue weighted by atomic mass is 9.89. The number of benzene rings is 1. The predicted molar refractivity (Wildman–Crippen MR) is 68.1 cm³/mol. The fourth-order valence-electron chi connectivity index (χ4n) is 3.21. The Kier molecular flexibility index (Phi) is 1.92. The quantitative estimate of drug-likeness (QED) is 0.689. The molecule has 1 aromatic heterocycles. The number of fused-ring (bicyclic) bond motifs is 5. The second-order valence-corrected chi connectivity index (χ2v) is 5.00. The molecule has 0 spiro atoms. The lowest BCUT2D eigenvalue weighted by Gasteiger charge is -2.41. The Morgan fingerprint density at radius 2 is 2.00 bits per heavy atom. The summed E-state index contributed by atoms with van der Waals surface area (Å²) >= 11 is 0. The van der Waals surface area contributed by atoms with Crippen molar-refractivity contribution in [3.8, 4) is 0 Å². The summed E-state index contributed by atoms with van der Waals surface area (Å²) in [6.07, 6.45) is 2.97. The van der Waals surface area contributed by atoms with Crippen molar-refractivity contribution in [3.05, 3.63) is 59.4 Å². The SMILES string of the molecule is O=C1Cn2cccc2C2c3ccccc3CCN12. The molecule has 0 fully saturated rings. The molecule has 1 unspecified atom stereocenters. The summed E-state index contributed by atoms with van der Waals surface area (Å²) < 4.78 is 2.08. The highest BCUT2D eigenvalue weighted by atomic mass is 16.2. The summed E-state index contributed by atoms with van der Waals surface area (Å²) in [6, 6.07) is 12.8. The molecule has 0 saturated heterocycles. The van der Waals surface area contributed by atoms with Gasteiger partial charge in [0, 0.05) is 18.4 Å². The summed E-state index contributed by atoms with van der Waals surface area (Å²) in [6.45, 7) is 1.33. The molecule has 1 atom stereocenters. The minimum atomic E-state index is 0.117. The van der Waals surface area contributed by atoms with Gasteiger partial charge in [-0.05, 0) is 29.7 Å². The normalized spacial score (nSPS) is 21.2. The van der Waals surface area contributed by atoms with Crippen molar-refractivity contribution in [2.75, 3.05) is 6.54 Å². The molecule has 2 aliphatic rings. The van der Waals surface area contributed by atoms with Crippen LogP contribution in [0, 0.1) is 0 Å². The van der Waals surface area contributed by atoms with Gasteiger partial charge >= 0.3 is 0 Å². The lowest BCUT2D eigenvalue weighted by Crippen LogP contribution is -2.46. The third kappa shape index (κ3) is 1.22. The minimum absolute atomic E-state index is 0.117. The average molecular weight is 238 g/mol. The molecule has 18 heavy (non-hydrogen) atoms. The van der Waals surface area contributed by atoms with Gasteiger partial charge in [-0.1, -0.05) is 24.3 Å². The number of carbonyl (C=O) groups is 1. The molecule has 3 heterocycles. The van der Waals surface area contributed by atoms with Crippen LogP contribution in [0.1, 0.15) is 22.9 Å². The van der Waals surface area contributed by atoms with Crippen molar-refractivity contribution in [1.82, 2.24) is 9.47 Å². The fraction of sp³-hybridized carbons (Fsp3) is 0.267. The molecule has 90 valence electrons. The zero-order valence-corrected chi connectivity index (χ0v) is 10.0. The van der Waals surface area contributed by atoms with Gasteiger partial charge in [-0.15, -0.1) is 0 Å². The topological polar surface area (TPSA) is 25.2 Å². The molecule has 0 saturated carbocycles. The van der Waals surface area contributed by atoms with E-state index in [0.29, 0.717) is 6.54 Å². The largest absolute Gasteiger partial charge is 0.340 e. The highest BCUT2D eigenvalue weighted by Gasteiger charge is 2.36. The Labute approximate surface area is 106 Å². The number of nitrogens with zero attached hydrogens (tertiary/aromatic N) is 2. The van der Waals surface area contributed by atoms with Crippen LogP contribution in [0.25, 0.3) is 0 Å². The molecule has 0 aliphatic carbocycles. The molecular weight excluding hydrogens is 224 g/mol. The molecule has 0 bridgehead atoms. The van der Waals surface area contributed by atoms with Crippen molar-refractivity contribution >= 4 is 5.91 Å². The molecule has 4 rings (SSSR count). The van der Waals surface area contributed by atoms with Crippen molar-refractivity contribution in [2.45, 2.75) is 19.0 Å². The number of rotatable bonds is 0. The first-order valence-corrected chi connectivity index (χ1v) is 6.37. The van der Waals surface area contributed by atoms with Gasteiger partial charge in [0.15, 0.2) is 0 Å². The summed E-state index contributed by atoms with van der Waals surface area (Å²) in [4.78, 5) is 14.2. The van der Waals surface area contributed by atoms with Crippen LogP contribution in [0.4, 0.5) is 0 Å². The van der Waals surface area contributed by atoms with E-state index >= 15 is 0 Å².